The van der Waals surface area contributed by atoms with Crippen LogP contribution in [0.25, 0.3) is 0 Å². The van der Waals surface area contributed by atoms with Crippen LogP contribution in [0.5, 0.6) is 0 Å². The molecule has 1 saturated heterocycles. The quantitative estimate of drug-likeness (QED) is 0.189. The zero-order valence-corrected chi connectivity index (χ0v) is 19.9. The summed E-state index contributed by atoms with van der Waals surface area (Å²) in [7, 11) is 0. The Balaban J connectivity index is 2.16. The maximum atomic E-state index is 13.1. The molecule has 0 spiro atoms. The van der Waals surface area contributed by atoms with Crippen LogP contribution in [0, 0.1) is 11.8 Å². The van der Waals surface area contributed by atoms with Gasteiger partial charge in [0, 0.05) is 6.08 Å². The maximum absolute atomic E-state index is 13.1. The Morgan fingerprint density at radius 3 is 2.35 bits per heavy atom. The molecule has 1 aromatic rings. The van der Waals surface area contributed by atoms with Crippen LogP contribution in [0.3, 0.4) is 0 Å². The SMILES string of the molecule is C/C=C/C=C/C(=O)N[C@@H](CC(=O)NC(CCCC)C(=O)[C@@H]1C(=O)NC(=O)[C@H]1C)c1ccccc1. The van der Waals surface area contributed by atoms with Crippen LogP contribution in [0.2, 0.25) is 0 Å². The minimum Gasteiger partial charge on any atom is -0.346 e. The van der Waals surface area contributed by atoms with Gasteiger partial charge in [0.15, 0.2) is 5.78 Å². The minimum absolute atomic E-state index is 0.0888. The van der Waals surface area contributed by atoms with Gasteiger partial charge in [-0.05, 0) is 18.9 Å². The lowest BCUT2D eigenvalue weighted by Gasteiger charge is -2.23. The standard InChI is InChI=1S/C26H33N3O5/c1-4-6-9-15-21(30)28-20(18-12-10-8-11-13-18)16-22(31)27-19(14-7-5-2)24(32)23-17(3)25(33)29-26(23)34/h4,6,8-13,15,17,19-20,23H,5,7,14,16H2,1-3H3,(H,27,31)(H,28,30)(H,29,33,34)/b6-4+,15-9+/t17-,19?,20-,23+/m0/s1. The number of rotatable bonds is 12. The van der Waals surface area contributed by atoms with Gasteiger partial charge < -0.3 is 10.6 Å². The van der Waals surface area contributed by atoms with Crippen molar-refractivity contribution >= 4 is 29.4 Å². The molecule has 0 aromatic heterocycles. The number of imide groups is 1. The van der Waals surface area contributed by atoms with E-state index in [0.717, 1.165) is 12.0 Å². The molecule has 8 heteroatoms. The van der Waals surface area contributed by atoms with Crippen molar-refractivity contribution in [2.75, 3.05) is 0 Å². The summed E-state index contributed by atoms with van der Waals surface area (Å²) in [6, 6.07) is 7.58. The van der Waals surface area contributed by atoms with Gasteiger partial charge in [0.2, 0.25) is 23.6 Å². The summed E-state index contributed by atoms with van der Waals surface area (Å²) in [6.07, 6.45) is 8.23. The number of carbonyl (C=O) groups is 5. The van der Waals surface area contributed by atoms with Gasteiger partial charge in [0.1, 0.15) is 5.92 Å². The normalized spacial score (nSPS) is 19.7. The second-order valence-corrected chi connectivity index (χ2v) is 8.35. The van der Waals surface area contributed by atoms with Gasteiger partial charge in [-0.2, -0.15) is 0 Å². The smallest absolute Gasteiger partial charge is 0.244 e. The van der Waals surface area contributed by atoms with Crippen LogP contribution >= 0.6 is 0 Å². The van der Waals surface area contributed by atoms with E-state index in [-0.39, 0.29) is 12.3 Å². The highest BCUT2D eigenvalue weighted by Crippen LogP contribution is 2.23. The van der Waals surface area contributed by atoms with Gasteiger partial charge in [0.05, 0.1) is 24.4 Å². The summed E-state index contributed by atoms with van der Waals surface area (Å²) >= 11 is 0. The van der Waals surface area contributed by atoms with Gasteiger partial charge in [0.25, 0.3) is 0 Å². The highest BCUT2D eigenvalue weighted by molar-refractivity contribution is 6.16. The van der Waals surface area contributed by atoms with E-state index in [0.29, 0.717) is 12.8 Å². The number of ketones is 1. The number of carbonyl (C=O) groups excluding carboxylic acids is 5. The number of allylic oxidation sites excluding steroid dienone is 3. The Hall–Kier alpha value is -3.55. The Bertz CT molecular complexity index is 954. The van der Waals surface area contributed by atoms with Crippen molar-refractivity contribution in [1.82, 2.24) is 16.0 Å². The number of Topliss-reactive ketones (excluding diaryl/α,β-unsaturated/α-hetero) is 1. The third-order valence-corrected chi connectivity index (χ3v) is 5.73. The fraction of sp³-hybridized carbons (Fsp3) is 0.423. The Morgan fingerprint density at radius 1 is 1.06 bits per heavy atom. The second-order valence-electron chi connectivity index (χ2n) is 8.35. The molecule has 4 amide bonds. The van der Waals surface area contributed by atoms with Gasteiger partial charge >= 0.3 is 0 Å². The third-order valence-electron chi connectivity index (χ3n) is 5.73. The molecule has 1 aromatic carbocycles. The monoisotopic (exact) mass is 467 g/mol. The van der Waals surface area contributed by atoms with Crippen LogP contribution in [0.15, 0.2) is 54.6 Å². The first-order chi connectivity index (χ1) is 16.3. The Kier molecular flexibility index (Phi) is 10.4. The van der Waals surface area contributed by atoms with Crippen molar-refractivity contribution in [3.8, 4) is 0 Å². The van der Waals surface area contributed by atoms with Gasteiger partial charge in [-0.3, -0.25) is 29.3 Å². The summed E-state index contributed by atoms with van der Waals surface area (Å²) in [6.45, 7) is 5.32. The largest absolute Gasteiger partial charge is 0.346 e. The summed E-state index contributed by atoms with van der Waals surface area (Å²) in [4.78, 5) is 62.4. The molecule has 0 aliphatic carbocycles. The van der Waals surface area contributed by atoms with Gasteiger partial charge in [-0.15, -0.1) is 0 Å². The van der Waals surface area contributed by atoms with E-state index in [2.05, 4.69) is 16.0 Å². The lowest BCUT2D eigenvalue weighted by molar-refractivity contribution is -0.136. The van der Waals surface area contributed by atoms with Crippen LogP contribution in [-0.4, -0.2) is 35.5 Å². The summed E-state index contributed by atoms with van der Waals surface area (Å²) in [5.74, 6) is -4.25. The molecule has 1 aliphatic heterocycles. The van der Waals surface area contributed by atoms with Gasteiger partial charge in [-0.25, -0.2) is 0 Å². The number of unbranched alkanes of at least 4 members (excludes halogenated alkanes) is 1. The molecule has 0 bridgehead atoms. The number of nitrogens with one attached hydrogen (secondary N) is 3. The molecule has 1 aliphatic rings. The average Bonchev–Trinajstić information content (AvgIpc) is 3.07. The molecule has 1 heterocycles. The molecule has 34 heavy (non-hydrogen) atoms. The van der Waals surface area contributed by atoms with Gasteiger partial charge in [-0.1, -0.05) is 75.2 Å². The summed E-state index contributed by atoms with van der Waals surface area (Å²) in [5.41, 5.74) is 0.747. The van der Waals surface area contributed by atoms with Crippen molar-refractivity contribution in [2.24, 2.45) is 11.8 Å². The molecule has 1 fully saturated rings. The highest BCUT2D eigenvalue weighted by atomic mass is 16.2. The molecule has 3 N–H and O–H groups in total. The lowest BCUT2D eigenvalue weighted by atomic mass is 9.87. The third kappa shape index (κ3) is 7.50. The number of hydrogen-bond donors (Lipinski definition) is 3. The van der Waals surface area contributed by atoms with Crippen LogP contribution in [0.1, 0.15) is 58.1 Å². The molecule has 0 saturated carbocycles. The van der Waals surface area contributed by atoms with Crippen LogP contribution in [-0.2, 0) is 24.0 Å². The lowest BCUT2D eigenvalue weighted by Crippen LogP contribution is -2.47. The van der Waals surface area contributed by atoms with Crippen molar-refractivity contribution in [2.45, 2.75) is 58.5 Å². The first kappa shape index (κ1) is 26.7. The highest BCUT2D eigenvalue weighted by Gasteiger charge is 2.45. The molecule has 182 valence electrons. The zero-order chi connectivity index (χ0) is 25.1. The van der Waals surface area contributed by atoms with E-state index in [1.165, 1.54) is 13.0 Å². The van der Waals surface area contributed by atoms with Crippen LogP contribution < -0.4 is 16.0 Å². The summed E-state index contributed by atoms with van der Waals surface area (Å²) < 4.78 is 0. The van der Waals surface area contributed by atoms with E-state index in [1.807, 2.05) is 44.2 Å². The number of hydrogen-bond acceptors (Lipinski definition) is 5. The predicted octanol–water partition coefficient (Wildman–Crippen LogP) is 2.52. The number of benzene rings is 1. The molecule has 0 radical (unpaired) electrons. The average molecular weight is 468 g/mol. The molecule has 4 atom stereocenters. The Labute approximate surface area is 200 Å². The fourth-order valence-corrected chi connectivity index (χ4v) is 3.83. The Morgan fingerprint density at radius 2 is 1.76 bits per heavy atom. The molecule has 8 nitrogen and oxygen atoms in total. The maximum Gasteiger partial charge on any atom is 0.244 e. The molecule has 2 rings (SSSR count). The van der Waals surface area contributed by atoms with E-state index >= 15 is 0 Å². The van der Waals surface area contributed by atoms with E-state index in [1.54, 1.807) is 18.2 Å². The number of amides is 4. The van der Waals surface area contributed by atoms with Crippen LogP contribution in [0.4, 0.5) is 0 Å². The topological polar surface area (TPSA) is 121 Å². The first-order valence-corrected chi connectivity index (χ1v) is 11.6. The first-order valence-electron chi connectivity index (χ1n) is 11.6. The molecule has 1 unspecified atom stereocenters. The van der Waals surface area contributed by atoms with Crippen molar-refractivity contribution < 1.29 is 24.0 Å². The molecular formula is C26H33N3O5. The van der Waals surface area contributed by atoms with Crippen molar-refractivity contribution in [3.05, 3.63) is 60.2 Å². The van der Waals surface area contributed by atoms with E-state index < -0.39 is 47.4 Å². The zero-order valence-electron chi connectivity index (χ0n) is 19.9. The van der Waals surface area contributed by atoms with Crippen molar-refractivity contribution in [3.63, 3.8) is 0 Å². The predicted molar refractivity (Wildman–Crippen MR) is 128 cm³/mol. The summed E-state index contributed by atoms with van der Waals surface area (Å²) in [5, 5.41) is 7.77. The van der Waals surface area contributed by atoms with E-state index in [9.17, 15) is 24.0 Å². The van der Waals surface area contributed by atoms with Crippen molar-refractivity contribution in [1.29, 1.82) is 0 Å². The second kappa shape index (κ2) is 13.2. The van der Waals surface area contributed by atoms with E-state index in [4.69, 9.17) is 0 Å². The molecular weight excluding hydrogens is 434 g/mol. The fourth-order valence-electron chi connectivity index (χ4n) is 3.83. The minimum atomic E-state index is -1.11.